The van der Waals surface area contributed by atoms with Gasteiger partial charge >= 0.3 is 0 Å². The summed E-state index contributed by atoms with van der Waals surface area (Å²) in [7, 11) is 0. The zero-order valence-electron chi connectivity index (χ0n) is 11.0. The average molecular weight is 321 g/mol. The third kappa shape index (κ3) is 2.96. The van der Waals surface area contributed by atoms with Crippen LogP contribution < -0.4 is 5.43 Å². The number of hydrazone groups is 1. The number of anilines is 1. The number of nitrogens with zero attached hydrogens (tertiary/aromatic N) is 5. The fourth-order valence-corrected chi connectivity index (χ4v) is 2.19. The van der Waals surface area contributed by atoms with Crippen LogP contribution >= 0.6 is 23.2 Å². The van der Waals surface area contributed by atoms with E-state index in [1.807, 2.05) is 6.92 Å². The van der Waals surface area contributed by atoms with Crippen molar-refractivity contribution < 1.29 is 0 Å². The van der Waals surface area contributed by atoms with E-state index in [1.165, 1.54) is 0 Å². The van der Waals surface area contributed by atoms with Crippen molar-refractivity contribution in [3.8, 4) is 0 Å². The molecule has 0 unspecified atom stereocenters. The molecule has 0 aliphatic carbocycles. The van der Waals surface area contributed by atoms with Gasteiger partial charge in [0.05, 0.1) is 11.2 Å². The van der Waals surface area contributed by atoms with Gasteiger partial charge in [-0.1, -0.05) is 29.3 Å². The Morgan fingerprint density at radius 2 is 2.05 bits per heavy atom. The summed E-state index contributed by atoms with van der Waals surface area (Å²) in [6.45, 7) is 1.83. The van der Waals surface area contributed by atoms with Crippen LogP contribution in [0.2, 0.25) is 10.0 Å². The van der Waals surface area contributed by atoms with Crippen LogP contribution in [0.15, 0.2) is 35.4 Å². The van der Waals surface area contributed by atoms with Crippen molar-refractivity contribution >= 4 is 40.9 Å². The van der Waals surface area contributed by atoms with Gasteiger partial charge in [0.25, 0.3) is 0 Å². The Morgan fingerprint density at radius 1 is 1.19 bits per heavy atom. The Morgan fingerprint density at radius 3 is 2.86 bits per heavy atom. The Balaban J connectivity index is 1.79. The first-order chi connectivity index (χ1) is 10.1. The second-order valence-electron chi connectivity index (χ2n) is 4.27. The van der Waals surface area contributed by atoms with Crippen LogP contribution in [0.1, 0.15) is 11.4 Å². The van der Waals surface area contributed by atoms with Gasteiger partial charge in [-0.05, 0) is 31.2 Å². The molecule has 0 radical (unpaired) electrons. The molecule has 3 rings (SSSR count). The van der Waals surface area contributed by atoms with E-state index in [0.29, 0.717) is 27.3 Å². The van der Waals surface area contributed by atoms with E-state index in [9.17, 15) is 0 Å². The molecule has 0 aliphatic rings. The minimum Gasteiger partial charge on any atom is -0.260 e. The first-order valence-corrected chi connectivity index (χ1v) is 6.82. The molecular weight excluding hydrogens is 311 g/mol. The third-order valence-electron chi connectivity index (χ3n) is 2.76. The molecule has 0 atom stereocenters. The molecule has 21 heavy (non-hydrogen) atoms. The molecule has 1 aromatic carbocycles. The molecule has 0 spiro atoms. The van der Waals surface area contributed by atoms with Crippen LogP contribution in [0.3, 0.4) is 0 Å². The maximum atomic E-state index is 6.06. The quantitative estimate of drug-likeness (QED) is 0.594. The molecule has 0 fully saturated rings. The summed E-state index contributed by atoms with van der Waals surface area (Å²) in [5.41, 5.74) is 4.28. The van der Waals surface area contributed by atoms with Crippen molar-refractivity contribution in [3.63, 3.8) is 0 Å². The lowest BCUT2D eigenvalue weighted by Gasteiger charge is -2.01. The smallest absolute Gasteiger partial charge is 0.178 e. The number of aryl methyl sites for hydroxylation is 1. The zero-order chi connectivity index (χ0) is 14.8. The summed E-state index contributed by atoms with van der Waals surface area (Å²) in [6, 6.07) is 8.77. The number of fused-ring (bicyclic) bond motifs is 1. The van der Waals surface area contributed by atoms with E-state index in [4.69, 9.17) is 23.2 Å². The Bertz CT molecular complexity index is 827. The van der Waals surface area contributed by atoms with E-state index in [2.05, 4.69) is 25.8 Å². The van der Waals surface area contributed by atoms with E-state index in [1.54, 1.807) is 41.1 Å². The number of benzene rings is 1. The molecule has 2 heterocycles. The predicted octanol–water partition coefficient (Wildman–Crippen LogP) is 3.19. The van der Waals surface area contributed by atoms with Gasteiger partial charge < -0.3 is 0 Å². The second kappa shape index (κ2) is 5.67. The number of nitrogens with one attached hydrogen (secondary N) is 1. The van der Waals surface area contributed by atoms with Crippen molar-refractivity contribution in [3.05, 3.63) is 51.8 Å². The molecule has 0 saturated carbocycles. The normalized spacial score (nSPS) is 11.4. The van der Waals surface area contributed by atoms with Crippen molar-refractivity contribution in [2.75, 3.05) is 5.43 Å². The van der Waals surface area contributed by atoms with Crippen molar-refractivity contribution in [2.24, 2.45) is 5.10 Å². The zero-order valence-corrected chi connectivity index (χ0v) is 12.5. The molecule has 3 aromatic rings. The first-order valence-electron chi connectivity index (χ1n) is 6.07. The highest BCUT2D eigenvalue weighted by atomic mass is 35.5. The van der Waals surface area contributed by atoms with Crippen LogP contribution in [0.5, 0.6) is 0 Å². The Labute approximate surface area is 130 Å². The number of rotatable bonds is 3. The highest BCUT2D eigenvalue weighted by Crippen LogP contribution is 2.19. The van der Waals surface area contributed by atoms with Gasteiger partial charge in [-0.25, -0.2) is 0 Å². The molecule has 8 heteroatoms. The summed E-state index contributed by atoms with van der Waals surface area (Å²) >= 11 is 11.9. The standard InChI is InChI=1S/C13H10Cl2N6/c1-8-17-19-13-5-4-12(20-21(8)13)18-16-7-9-2-3-10(14)6-11(9)15/h2-7H,1H3,(H,18,20)/b16-7+. The van der Waals surface area contributed by atoms with Gasteiger partial charge in [0.2, 0.25) is 0 Å². The number of hydrogen-bond acceptors (Lipinski definition) is 5. The molecule has 6 nitrogen and oxygen atoms in total. The molecule has 2 aromatic heterocycles. The Kier molecular flexibility index (Phi) is 3.72. The monoisotopic (exact) mass is 320 g/mol. The first kappa shape index (κ1) is 13.8. The number of hydrogen-bond donors (Lipinski definition) is 1. The molecule has 0 bridgehead atoms. The number of aromatic nitrogens is 4. The molecule has 1 N–H and O–H groups in total. The van der Waals surface area contributed by atoms with Crippen molar-refractivity contribution in [2.45, 2.75) is 6.92 Å². The average Bonchev–Trinajstić information content (AvgIpc) is 2.83. The van der Waals surface area contributed by atoms with E-state index >= 15 is 0 Å². The topological polar surface area (TPSA) is 67.5 Å². The van der Waals surface area contributed by atoms with E-state index < -0.39 is 0 Å². The van der Waals surface area contributed by atoms with Crippen LogP contribution in [0, 0.1) is 6.92 Å². The minimum atomic E-state index is 0.533. The van der Waals surface area contributed by atoms with Gasteiger partial charge in [0.15, 0.2) is 17.3 Å². The fraction of sp³-hybridized carbons (Fsp3) is 0.0769. The Hall–Kier alpha value is -2.18. The minimum absolute atomic E-state index is 0.533. The SMILES string of the molecule is Cc1nnc2ccc(N/N=C/c3ccc(Cl)cc3Cl)nn12. The molecule has 0 aliphatic heterocycles. The second-order valence-corrected chi connectivity index (χ2v) is 5.12. The molecule has 106 valence electrons. The van der Waals surface area contributed by atoms with Crippen LogP contribution in [0.4, 0.5) is 5.82 Å². The summed E-state index contributed by atoms with van der Waals surface area (Å²) in [6.07, 6.45) is 1.60. The summed E-state index contributed by atoms with van der Waals surface area (Å²) in [5.74, 6) is 1.28. The maximum Gasteiger partial charge on any atom is 0.178 e. The van der Waals surface area contributed by atoms with Crippen molar-refractivity contribution in [1.82, 2.24) is 19.8 Å². The van der Waals surface area contributed by atoms with Crippen LogP contribution in [-0.4, -0.2) is 26.0 Å². The molecule has 0 amide bonds. The largest absolute Gasteiger partial charge is 0.260 e. The lowest BCUT2D eigenvalue weighted by atomic mass is 10.2. The van der Waals surface area contributed by atoms with Gasteiger partial charge in [0.1, 0.15) is 0 Å². The van der Waals surface area contributed by atoms with Crippen LogP contribution in [-0.2, 0) is 0 Å². The summed E-state index contributed by atoms with van der Waals surface area (Å²) in [5, 5.41) is 17.4. The molecule has 0 saturated heterocycles. The third-order valence-corrected chi connectivity index (χ3v) is 3.33. The van der Waals surface area contributed by atoms with E-state index in [-0.39, 0.29) is 0 Å². The van der Waals surface area contributed by atoms with Crippen LogP contribution in [0.25, 0.3) is 5.65 Å². The summed E-state index contributed by atoms with van der Waals surface area (Å²) < 4.78 is 1.63. The number of halogens is 2. The van der Waals surface area contributed by atoms with Gasteiger partial charge in [-0.2, -0.15) is 9.62 Å². The summed E-state index contributed by atoms with van der Waals surface area (Å²) in [4.78, 5) is 0. The van der Waals surface area contributed by atoms with Gasteiger partial charge in [-0.3, -0.25) is 5.43 Å². The predicted molar refractivity (Wildman–Crippen MR) is 83.2 cm³/mol. The highest BCUT2D eigenvalue weighted by Gasteiger charge is 2.02. The maximum absolute atomic E-state index is 6.06. The van der Waals surface area contributed by atoms with E-state index in [0.717, 1.165) is 5.56 Å². The lowest BCUT2D eigenvalue weighted by molar-refractivity contribution is 0.875. The highest BCUT2D eigenvalue weighted by molar-refractivity contribution is 6.36. The van der Waals surface area contributed by atoms with Crippen molar-refractivity contribution in [1.29, 1.82) is 0 Å². The van der Waals surface area contributed by atoms with Gasteiger partial charge in [0, 0.05) is 10.6 Å². The fourth-order valence-electron chi connectivity index (χ4n) is 1.73. The lowest BCUT2D eigenvalue weighted by Crippen LogP contribution is -2.00. The molecular formula is C13H10Cl2N6. The van der Waals surface area contributed by atoms with Gasteiger partial charge in [-0.15, -0.1) is 15.3 Å².